The van der Waals surface area contributed by atoms with Gasteiger partial charge in [0.2, 0.25) is 0 Å². The van der Waals surface area contributed by atoms with E-state index >= 15 is 0 Å². The molecule has 1 amide bonds. The second kappa shape index (κ2) is 6.52. The van der Waals surface area contributed by atoms with E-state index in [-0.39, 0.29) is 5.91 Å². The maximum atomic E-state index is 12.0. The average Bonchev–Trinajstić information content (AvgIpc) is 2.73. The van der Waals surface area contributed by atoms with E-state index in [1.807, 2.05) is 30.3 Å². The molecule has 0 unspecified atom stereocenters. The Bertz CT molecular complexity index is 761. The van der Waals surface area contributed by atoms with Crippen LogP contribution < -0.4 is 11.2 Å². The monoisotopic (exact) mass is 362 g/mol. The molecule has 0 atom stereocenters. The first-order valence-corrected chi connectivity index (χ1v) is 7.51. The summed E-state index contributed by atoms with van der Waals surface area (Å²) in [5, 5.41) is 13.2. The molecule has 21 heavy (non-hydrogen) atoms. The van der Waals surface area contributed by atoms with E-state index in [0.29, 0.717) is 21.0 Å². The van der Waals surface area contributed by atoms with Crippen LogP contribution in [0, 0.1) is 18.3 Å². The van der Waals surface area contributed by atoms with Gasteiger partial charge in [-0.1, -0.05) is 28.1 Å². The number of carbonyl (C=O) groups excluding carboxylic acids is 1. The van der Waals surface area contributed by atoms with Gasteiger partial charge in [-0.3, -0.25) is 4.79 Å². The van der Waals surface area contributed by atoms with Crippen molar-refractivity contribution in [3.05, 3.63) is 50.3 Å². The fourth-order valence-corrected chi connectivity index (χ4v) is 3.03. The summed E-state index contributed by atoms with van der Waals surface area (Å²) in [5.41, 5.74) is 9.91. The molecule has 0 aliphatic carbocycles. The van der Waals surface area contributed by atoms with Gasteiger partial charge < -0.3 is 5.73 Å². The fourth-order valence-electron chi connectivity index (χ4n) is 1.69. The average molecular weight is 363 g/mol. The van der Waals surface area contributed by atoms with Gasteiger partial charge in [-0.05, 0) is 30.2 Å². The zero-order valence-corrected chi connectivity index (χ0v) is 13.5. The number of carbonyl (C=O) groups is 1. The van der Waals surface area contributed by atoms with Gasteiger partial charge in [0.05, 0.1) is 11.8 Å². The summed E-state index contributed by atoms with van der Waals surface area (Å²) in [6.07, 6.45) is 1.54. The molecule has 2 rings (SSSR count). The van der Waals surface area contributed by atoms with Crippen molar-refractivity contribution < 1.29 is 4.79 Å². The summed E-state index contributed by atoms with van der Waals surface area (Å²) in [7, 11) is 0. The number of benzene rings is 1. The van der Waals surface area contributed by atoms with Crippen molar-refractivity contribution in [1.82, 2.24) is 5.43 Å². The second-order valence-corrected chi connectivity index (χ2v) is 6.13. The number of anilines is 1. The van der Waals surface area contributed by atoms with E-state index in [1.165, 1.54) is 0 Å². The summed E-state index contributed by atoms with van der Waals surface area (Å²) in [5.74, 6) is -0.378. The predicted octanol–water partition coefficient (Wildman–Crippen LogP) is 3.04. The largest absolute Gasteiger partial charge is 0.389 e. The smallest absolute Gasteiger partial charge is 0.281 e. The number of nitrogens with one attached hydrogen (secondary N) is 1. The molecule has 2 aromatic rings. The second-order valence-electron chi connectivity index (χ2n) is 4.16. The van der Waals surface area contributed by atoms with Gasteiger partial charge in [-0.15, -0.1) is 11.3 Å². The van der Waals surface area contributed by atoms with Crippen LogP contribution in [0.4, 0.5) is 5.00 Å². The number of thiophene rings is 1. The Kier molecular flexibility index (Phi) is 4.73. The van der Waals surface area contributed by atoms with Crippen molar-refractivity contribution in [1.29, 1.82) is 5.26 Å². The third-order valence-electron chi connectivity index (χ3n) is 2.72. The summed E-state index contributed by atoms with van der Waals surface area (Å²) in [6, 6.07) is 9.50. The lowest BCUT2D eigenvalue weighted by Crippen LogP contribution is -2.17. The highest BCUT2D eigenvalue weighted by molar-refractivity contribution is 9.10. The Balaban J connectivity index is 2.11. The molecule has 1 aromatic carbocycles. The molecule has 0 aliphatic heterocycles. The van der Waals surface area contributed by atoms with Crippen LogP contribution in [0.3, 0.4) is 0 Å². The maximum absolute atomic E-state index is 12.0. The number of nitrogens with zero attached hydrogens (tertiary/aromatic N) is 2. The minimum Gasteiger partial charge on any atom is -0.389 e. The molecule has 0 aliphatic rings. The molecular weight excluding hydrogens is 352 g/mol. The highest BCUT2D eigenvalue weighted by atomic mass is 79.9. The molecule has 0 saturated carbocycles. The van der Waals surface area contributed by atoms with E-state index in [4.69, 9.17) is 11.0 Å². The highest BCUT2D eigenvalue weighted by Gasteiger charge is 2.17. The molecule has 1 aromatic heterocycles. The number of amides is 1. The Morgan fingerprint density at radius 3 is 2.95 bits per heavy atom. The number of hydrazone groups is 1. The van der Waals surface area contributed by atoms with Crippen molar-refractivity contribution in [3.63, 3.8) is 0 Å². The zero-order valence-electron chi connectivity index (χ0n) is 11.1. The van der Waals surface area contributed by atoms with E-state index in [2.05, 4.69) is 26.5 Å². The maximum Gasteiger partial charge on any atom is 0.281 e. The zero-order chi connectivity index (χ0) is 15.4. The molecule has 0 bridgehead atoms. The number of rotatable bonds is 3. The first-order valence-electron chi connectivity index (χ1n) is 5.91. The number of nitriles is 1. The van der Waals surface area contributed by atoms with Gasteiger partial charge >= 0.3 is 0 Å². The van der Waals surface area contributed by atoms with E-state index in [9.17, 15) is 4.79 Å². The molecule has 7 heteroatoms. The molecule has 5 nitrogen and oxygen atoms in total. The van der Waals surface area contributed by atoms with Gasteiger partial charge in [0.25, 0.3) is 5.91 Å². The molecule has 0 spiro atoms. The standard InChI is InChI=1S/C14H11BrN4OS/c1-8-11(6-16)13(17)21-12(8)14(20)19-18-7-9-3-2-4-10(15)5-9/h2-5,7H,17H2,1H3,(H,19,20). The third-order valence-corrected chi connectivity index (χ3v) is 4.33. The van der Waals surface area contributed by atoms with Gasteiger partial charge in [0.1, 0.15) is 15.9 Å². The number of nitrogens with two attached hydrogens (primary N) is 1. The van der Waals surface area contributed by atoms with Crippen LogP contribution in [0.25, 0.3) is 0 Å². The molecule has 0 radical (unpaired) electrons. The van der Waals surface area contributed by atoms with Gasteiger partial charge in [-0.2, -0.15) is 10.4 Å². The topological polar surface area (TPSA) is 91.3 Å². The van der Waals surface area contributed by atoms with Crippen LogP contribution in [-0.4, -0.2) is 12.1 Å². The Labute approximate surface area is 134 Å². The molecule has 1 heterocycles. The van der Waals surface area contributed by atoms with Crippen LogP contribution in [0.1, 0.15) is 26.4 Å². The van der Waals surface area contributed by atoms with E-state index in [1.54, 1.807) is 13.1 Å². The normalized spacial score (nSPS) is 10.5. The van der Waals surface area contributed by atoms with Crippen molar-refractivity contribution in [2.75, 3.05) is 5.73 Å². The van der Waals surface area contributed by atoms with Crippen molar-refractivity contribution in [2.24, 2.45) is 5.10 Å². The van der Waals surface area contributed by atoms with Crippen molar-refractivity contribution in [2.45, 2.75) is 6.92 Å². The molecule has 3 N–H and O–H groups in total. The van der Waals surface area contributed by atoms with Gasteiger partial charge in [0, 0.05) is 4.47 Å². The molecular formula is C14H11BrN4OS. The summed E-state index contributed by atoms with van der Waals surface area (Å²) >= 11 is 4.44. The number of halogens is 1. The third kappa shape index (κ3) is 3.48. The van der Waals surface area contributed by atoms with E-state index < -0.39 is 0 Å². The van der Waals surface area contributed by atoms with Crippen LogP contribution >= 0.6 is 27.3 Å². The lowest BCUT2D eigenvalue weighted by atomic mass is 10.2. The van der Waals surface area contributed by atoms with Crippen molar-refractivity contribution in [3.8, 4) is 6.07 Å². The molecule has 0 saturated heterocycles. The Hall–Kier alpha value is -2.17. The van der Waals surface area contributed by atoms with Crippen LogP contribution in [0.5, 0.6) is 0 Å². The van der Waals surface area contributed by atoms with Crippen LogP contribution in [0.2, 0.25) is 0 Å². The molecule has 106 valence electrons. The fraction of sp³-hybridized carbons (Fsp3) is 0.0714. The van der Waals surface area contributed by atoms with E-state index in [0.717, 1.165) is 21.4 Å². The lowest BCUT2D eigenvalue weighted by Gasteiger charge is -1.98. The summed E-state index contributed by atoms with van der Waals surface area (Å²) in [4.78, 5) is 12.4. The van der Waals surface area contributed by atoms with Gasteiger partial charge in [0.15, 0.2) is 0 Å². The van der Waals surface area contributed by atoms with Crippen LogP contribution in [-0.2, 0) is 0 Å². The minimum absolute atomic E-state index is 0.344. The van der Waals surface area contributed by atoms with Crippen molar-refractivity contribution >= 4 is 44.4 Å². The quantitative estimate of drug-likeness (QED) is 0.649. The first kappa shape index (κ1) is 15.2. The Morgan fingerprint density at radius 2 is 2.33 bits per heavy atom. The minimum atomic E-state index is -0.378. The summed E-state index contributed by atoms with van der Waals surface area (Å²) < 4.78 is 0.929. The summed E-state index contributed by atoms with van der Waals surface area (Å²) in [6.45, 7) is 1.69. The highest BCUT2D eigenvalue weighted by Crippen LogP contribution is 2.29. The number of hydrogen-bond acceptors (Lipinski definition) is 5. The van der Waals surface area contributed by atoms with Gasteiger partial charge in [-0.25, -0.2) is 5.43 Å². The SMILES string of the molecule is Cc1c(C(=O)NN=Cc2cccc(Br)c2)sc(N)c1C#N. The number of hydrogen-bond donors (Lipinski definition) is 2. The number of nitrogen functional groups attached to an aromatic ring is 1. The predicted molar refractivity (Wildman–Crippen MR) is 87.4 cm³/mol. The molecule has 0 fully saturated rings. The first-order chi connectivity index (χ1) is 10.0. The lowest BCUT2D eigenvalue weighted by molar-refractivity contribution is 0.0958. The Morgan fingerprint density at radius 1 is 1.57 bits per heavy atom. The van der Waals surface area contributed by atoms with Crippen LogP contribution in [0.15, 0.2) is 33.8 Å².